The number of thiophene rings is 1. The minimum atomic E-state index is -3.26. The van der Waals surface area contributed by atoms with E-state index in [1.54, 1.807) is 29.5 Å². The fraction of sp³-hybridized carbons (Fsp3) is 0.250. The molecule has 0 aliphatic heterocycles. The molecular formula is C16H17N3O2S2. The normalized spacial score (nSPS) is 11.7. The average molecular weight is 347 g/mol. The van der Waals surface area contributed by atoms with Gasteiger partial charge in [0, 0.05) is 21.4 Å². The first kappa shape index (κ1) is 15.9. The maximum absolute atomic E-state index is 11.7. The number of anilines is 1. The summed E-state index contributed by atoms with van der Waals surface area (Å²) in [5, 5.41) is 4.00. The number of sulfone groups is 1. The molecule has 0 aliphatic carbocycles. The molecule has 0 saturated heterocycles. The molecule has 0 aliphatic rings. The third-order valence-corrected chi connectivity index (χ3v) is 5.87. The summed E-state index contributed by atoms with van der Waals surface area (Å²) in [6, 6.07) is 9.13. The van der Waals surface area contributed by atoms with Crippen LogP contribution in [0.4, 0.5) is 5.82 Å². The zero-order valence-corrected chi connectivity index (χ0v) is 14.5. The fourth-order valence-electron chi connectivity index (χ4n) is 2.29. The Morgan fingerprint density at radius 3 is 2.61 bits per heavy atom. The standard InChI is InChI=1S/C16H17N3O2S2/c1-3-11-4-5-12(22-11)9-17-16-14-8-13(23(2,20)21)6-7-15(14)18-10-19-16/h4-8,10H,3,9H2,1-2H3,(H,17,18,19). The number of rotatable bonds is 5. The third-order valence-electron chi connectivity index (χ3n) is 3.53. The lowest BCUT2D eigenvalue weighted by atomic mass is 10.2. The predicted molar refractivity (Wildman–Crippen MR) is 93.7 cm³/mol. The van der Waals surface area contributed by atoms with Crippen molar-refractivity contribution >= 4 is 37.9 Å². The smallest absolute Gasteiger partial charge is 0.175 e. The Labute approximate surface area is 139 Å². The van der Waals surface area contributed by atoms with Gasteiger partial charge in [0.25, 0.3) is 0 Å². The molecule has 0 fully saturated rings. The molecule has 23 heavy (non-hydrogen) atoms. The lowest BCUT2D eigenvalue weighted by Crippen LogP contribution is -2.02. The van der Waals surface area contributed by atoms with Gasteiger partial charge in [-0.15, -0.1) is 11.3 Å². The van der Waals surface area contributed by atoms with Crippen LogP contribution in [0.5, 0.6) is 0 Å². The predicted octanol–water partition coefficient (Wildman–Crippen LogP) is 3.27. The largest absolute Gasteiger partial charge is 0.365 e. The molecule has 120 valence electrons. The highest BCUT2D eigenvalue weighted by Crippen LogP contribution is 2.24. The van der Waals surface area contributed by atoms with Crippen molar-refractivity contribution in [3.8, 4) is 0 Å². The summed E-state index contributed by atoms with van der Waals surface area (Å²) in [6.45, 7) is 2.79. The molecule has 0 amide bonds. The van der Waals surface area contributed by atoms with Gasteiger partial charge in [-0.1, -0.05) is 6.92 Å². The molecule has 0 atom stereocenters. The van der Waals surface area contributed by atoms with Gasteiger partial charge in [0.05, 0.1) is 17.0 Å². The molecule has 3 rings (SSSR count). The van der Waals surface area contributed by atoms with E-state index in [4.69, 9.17) is 0 Å². The quantitative estimate of drug-likeness (QED) is 0.767. The Bertz CT molecular complexity index is 949. The highest BCUT2D eigenvalue weighted by Gasteiger charge is 2.11. The van der Waals surface area contributed by atoms with Crippen molar-refractivity contribution in [2.75, 3.05) is 11.6 Å². The SMILES string of the molecule is CCc1ccc(CNc2ncnc3ccc(S(C)(=O)=O)cc23)s1. The Hall–Kier alpha value is -1.99. The molecule has 1 N–H and O–H groups in total. The molecule has 1 aromatic carbocycles. The fourth-order valence-corrected chi connectivity index (χ4v) is 3.83. The van der Waals surface area contributed by atoms with Crippen LogP contribution in [0.25, 0.3) is 10.9 Å². The van der Waals surface area contributed by atoms with Crippen LogP contribution in [0.1, 0.15) is 16.7 Å². The summed E-state index contributed by atoms with van der Waals surface area (Å²) >= 11 is 1.76. The highest BCUT2D eigenvalue weighted by molar-refractivity contribution is 7.90. The van der Waals surface area contributed by atoms with Crippen LogP contribution >= 0.6 is 11.3 Å². The van der Waals surface area contributed by atoms with Crippen molar-refractivity contribution < 1.29 is 8.42 Å². The number of nitrogens with one attached hydrogen (secondary N) is 1. The van der Waals surface area contributed by atoms with Crippen LogP contribution in [0, 0.1) is 0 Å². The Morgan fingerprint density at radius 1 is 1.13 bits per heavy atom. The summed E-state index contributed by atoms with van der Waals surface area (Å²) in [5.41, 5.74) is 0.718. The second-order valence-electron chi connectivity index (χ2n) is 5.25. The van der Waals surface area contributed by atoms with Crippen molar-refractivity contribution in [2.45, 2.75) is 24.8 Å². The number of aromatic nitrogens is 2. The van der Waals surface area contributed by atoms with E-state index in [1.807, 2.05) is 0 Å². The topological polar surface area (TPSA) is 72.0 Å². The zero-order valence-electron chi connectivity index (χ0n) is 12.9. The zero-order chi connectivity index (χ0) is 16.4. The summed E-state index contributed by atoms with van der Waals surface area (Å²) in [6.07, 6.45) is 3.71. The van der Waals surface area contributed by atoms with E-state index in [2.05, 4.69) is 34.3 Å². The lowest BCUT2D eigenvalue weighted by molar-refractivity contribution is 0.602. The van der Waals surface area contributed by atoms with E-state index >= 15 is 0 Å². The van der Waals surface area contributed by atoms with Crippen LogP contribution in [0.15, 0.2) is 41.6 Å². The molecule has 5 nitrogen and oxygen atoms in total. The van der Waals surface area contributed by atoms with Gasteiger partial charge in [-0.25, -0.2) is 18.4 Å². The van der Waals surface area contributed by atoms with E-state index in [0.29, 0.717) is 17.7 Å². The first-order valence-electron chi connectivity index (χ1n) is 7.23. The van der Waals surface area contributed by atoms with Crippen molar-refractivity contribution in [2.24, 2.45) is 0 Å². The van der Waals surface area contributed by atoms with E-state index in [0.717, 1.165) is 11.9 Å². The van der Waals surface area contributed by atoms with E-state index in [9.17, 15) is 8.42 Å². The van der Waals surface area contributed by atoms with Gasteiger partial charge in [-0.05, 0) is 36.8 Å². The van der Waals surface area contributed by atoms with Gasteiger partial charge in [-0.2, -0.15) is 0 Å². The number of hydrogen-bond donors (Lipinski definition) is 1. The second-order valence-corrected chi connectivity index (χ2v) is 8.52. The summed E-state index contributed by atoms with van der Waals surface area (Å²) < 4.78 is 23.5. The number of benzene rings is 1. The van der Waals surface area contributed by atoms with Crippen LogP contribution < -0.4 is 5.32 Å². The molecule has 7 heteroatoms. The number of aryl methyl sites for hydroxylation is 1. The average Bonchev–Trinajstić information content (AvgIpc) is 2.99. The van der Waals surface area contributed by atoms with Gasteiger partial charge in [0.1, 0.15) is 12.1 Å². The molecule has 0 spiro atoms. The summed E-state index contributed by atoms with van der Waals surface area (Å²) in [4.78, 5) is 11.3. The molecule has 0 radical (unpaired) electrons. The number of fused-ring (bicyclic) bond motifs is 1. The third kappa shape index (κ3) is 3.51. The van der Waals surface area contributed by atoms with Gasteiger partial charge >= 0.3 is 0 Å². The molecule has 3 aromatic rings. The molecule has 2 aromatic heterocycles. The molecule has 0 saturated carbocycles. The minimum absolute atomic E-state index is 0.271. The van der Waals surface area contributed by atoms with Crippen molar-refractivity contribution in [1.29, 1.82) is 0 Å². The molecule has 0 bridgehead atoms. The Balaban J connectivity index is 1.93. The van der Waals surface area contributed by atoms with Crippen LogP contribution in [0.2, 0.25) is 0 Å². The maximum Gasteiger partial charge on any atom is 0.175 e. The van der Waals surface area contributed by atoms with Crippen molar-refractivity contribution in [3.63, 3.8) is 0 Å². The number of hydrogen-bond acceptors (Lipinski definition) is 6. The first-order valence-corrected chi connectivity index (χ1v) is 9.94. The van der Waals surface area contributed by atoms with E-state index in [-0.39, 0.29) is 4.90 Å². The van der Waals surface area contributed by atoms with Crippen LogP contribution in [0.3, 0.4) is 0 Å². The minimum Gasteiger partial charge on any atom is -0.365 e. The number of nitrogens with zero attached hydrogens (tertiary/aromatic N) is 2. The maximum atomic E-state index is 11.7. The lowest BCUT2D eigenvalue weighted by Gasteiger charge is -2.08. The van der Waals surface area contributed by atoms with E-state index < -0.39 is 9.84 Å². The van der Waals surface area contributed by atoms with Crippen molar-refractivity contribution in [3.05, 3.63) is 46.4 Å². The molecule has 0 unspecified atom stereocenters. The van der Waals surface area contributed by atoms with Gasteiger partial charge < -0.3 is 5.32 Å². The van der Waals surface area contributed by atoms with Crippen molar-refractivity contribution in [1.82, 2.24) is 9.97 Å². The summed E-state index contributed by atoms with van der Waals surface area (Å²) in [7, 11) is -3.26. The first-order chi connectivity index (χ1) is 11.0. The van der Waals surface area contributed by atoms with E-state index in [1.165, 1.54) is 22.3 Å². The monoisotopic (exact) mass is 347 g/mol. The molecule has 2 heterocycles. The highest BCUT2D eigenvalue weighted by atomic mass is 32.2. The van der Waals surface area contributed by atoms with Crippen LogP contribution in [-0.4, -0.2) is 24.6 Å². The Morgan fingerprint density at radius 2 is 1.91 bits per heavy atom. The molecular weight excluding hydrogens is 330 g/mol. The second kappa shape index (κ2) is 6.25. The van der Waals surface area contributed by atoms with Crippen LogP contribution in [-0.2, 0) is 22.8 Å². The van der Waals surface area contributed by atoms with Gasteiger partial charge in [-0.3, -0.25) is 0 Å². The van der Waals surface area contributed by atoms with Gasteiger partial charge in [0.15, 0.2) is 9.84 Å². The Kier molecular flexibility index (Phi) is 4.32. The summed E-state index contributed by atoms with van der Waals surface area (Å²) in [5.74, 6) is 0.645. The van der Waals surface area contributed by atoms with Gasteiger partial charge in [0.2, 0.25) is 0 Å².